The SMILES string of the molecule is CC[C@H](C)[C@@H]([C@@H](CC(=O)N1CCC[C@H]1[C@H](OC)[C@@H](C)C(=O)C[C@H](CC(=O)NCc1ccc(NC(=O)OC(C)(C)C)cc1)Cc1ccccc1)OC)N(C)C(=O)[C@@H](NC(=O)[C@H](C(C)C)N(C)C)C(C)C. The Morgan fingerprint density at radius 2 is 1.45 bits per heavy atom. The number of hydrogen-bond acceptors (Lipinski definition) is 10. The van der Waals surface area contributed by atoms with Gasteiger partial charge in [-0.15, -0.1) is 0 Å². The maximum Gasteiger partial charge on any atom is 0.412 e. The molecule has 15 heteroatoms. The Labute approximate surface area is 413 Å². The number of hydrogen-bond donors (Lipinski definition) is 3. The zero-order valence-corrected chi connectivity index (χ0v) is 44.4. The van der Waals surface area contributed by atoms with Crippen LogP contribution in [0.25, 0.3) is 0 Å². The largest absolute Gasteiger partial charge is 0.444 e. The molecule has 1 heterocycles. The van der Waals surface area contributed by atoms with Crippen molar-refractivity contribution in [2.45, 2.75) is 163 Å². The maximum atomic E-state index is 14.5. The number of carbonyl (C=O) groups is 6. The standard InChI is InChI=1S/C54H86N6O9/c1-16-36(6)49(59(13)52(65)47(34(2)3)57-51(64)48(35(4)5)58(11)12)44(67-14)32-46(63)60-28-20-23-42(60)50(68-15)37(7)43(61)30-40(29-38-21-18-17-19-22-38)31-45(62)55-33-39-24-26-41(27-25-39)56-53(66)69-54(8,9)10/h17-19,21-22,24-27,34-37,40,42,44,47-50H,16,20,23,28-33H2,1-15H3,(H,55,62)(H,56,66)(H,57,64)/t36-,37-,40+,42-,44+,47-,48-,49-,50+/m0/s1. The first-order valence-corrected chi connectivity index (χ1v) is 24.9. The molecule has 3 N–H and O–H groups in total. The molecule has 2 aromatic rings. The molecular weight excluding hydrogens is 877 g/mol. The highest BCUT2D eigenvalue weighted by molar-refractivity contribution is 5.90. The second-order valence-electron chi connectivity index (χ2n) is 21.0. The third-order valence-electron chi connectivity index (χ3n) is 13.5. The van der Waals surface area contributed by atoms with Crippen LogP contribution in [-0.2, 0) is 51.1 Å². The molecule has 5 amide bonds. The minimum atomic E-state index is -0.782. The molecule has 1 fully saturated rings. The van der Waals surface area contributed by atoms with E-state index in [1.165, 1.54) is 0 Å². The summed E-state index contributed by atoms with van der Waals surface area (Å²) in [5.74, 6) is -1.92. The number of amides is 5. The zero-order chi connectivity index (χ0) is 51.7. The Kier molecular flexibility index (Phi) is 23.3. The van der Waals surface area contributed by atoms with E-state index >= 15 is 0 Å². The molecule has 0 aromatic heterocycles. The van der Waals surface area contributed by atoms with Gasteiger partial charge in [-0.25, -0.2) is 4.79 Å². The number of anilines is 1. The van der Waals surface area contributed by atoms with Crippen LogP contribution in [0.5, 0.6) is 0 Å². The van der Waals surface area contributed by atoms with Gasteiger partial charge in [-0.05, 0) is 101 Å². The van der Waals surface area contributed by atoms with E-state index in [0.717, 1.165) is 24.0 Å². The van der Waals surface area contributed by atoms with Gasteiger partial charge in [0.25, 0.3) is 0 Å². The number of Topliss-reactive ketones (excluding diaryl/α,β-unsaturated/α-hetero) is 1. The summed E-state index contributed by atoms with van der Waals surface area (Å²) in [6.45, 7) is 19.9. The van der Waals surface area contributed by atoms with E-state index in [2.05, 4.69) is 16.0 Å². The van der Waals surface area contributed by atoms with Gasteiger partial charge in [0.2, 0.25) is 23.6 Å². The molecule has 1 aliphatic heterocycles. The monoisotopic (exact) mass is 963 g/mol. The molecule has 386 valence electrons. The van der Waals surface area contributed by atoms with Gasteiger partial charge >= 0.3 is 6.09 Å². The van der Waals surface area contributed by atoms with E-state index in [0.29, 0.717) is 25.1 Å². The number of methoxy groups -OCH3 is 2. The van der Waals surface area contributed by atoms with Crippen molar-refractivity contribution in [3.05, 3.63) is 65.7 Å². The highest BCUT2D eigenvalue weighted by Gasteiger charge is 2.43. The van der Waals surface area contributed by atoms with E-state index in [1.807, 2.05) is 115 Å². The first kappa shape index (κ1) is 58.5. The first-order valence-electron chi connectivity index (χ1n) is 24.9. The van der Waals surface area contributed by atoms with Gasteiger partial charge in [-0.2, -0.15) is 0 Å². The summed E-state index contributed by atoms with van der Waals surface area (Å²) in [4.78, 5) is 87.8. The Morgan fingerprint density at radius 3 is 1.99 bits per heavy atom. The summed E-state index contributed by atoms with van der Waals surface area (Å²) in [6.07, 6.45) is 1.12. The van der Waals surface area contributed by atoms with E-state index in [-0.39, 0.29) is 84.9 Å². The number of rotatable bonds is 26. The van der Waals surface area contributed by atoms with Crippen LogP contribution < -0.4 is 16.0 Å². The van der Waals surface area contributed by atoms with E-state index in [9.17, 15) is 28.8 Å². The van der Waals surface area contributed by atoms with Crippen LogP contribution in [0.4, 0.5) is 10.5 Å². The number of benzene rings is 2. The molecule has 0 unspecified atom stereocenters. The molecule has 0 spiro atoms. The van der Waals surface area contributed by atoms with Crippen LogP contribution in [0.1, 0.15) is 119 Å². The average molecular weight is 963 g/mol. The normalized spacial score (nSPS) is 17.6. The van der Waals surface area contributed by atoms with Gasteiger partial charge in [0, 0.05) is 58.8 Å². The minimum absolute atomic E-state index is 0.00845. The topological polar surface area (TPSA) is 176 Å². The maximum absolute atomic E-state index is 14.5. The number of carbonyl (C=O) groups excluding carboxylic acids is 6. The molecular formula is C54H86N6O9. The molecule has 2 aromatic carbocycles. The van der Waals surface area contributed by atoms with Crippen molar-refractivity contribution in [2.24, 2.45) is 29.6 Å². The predicted molar refractivity (Wildman–Crippen MR) is 271 cm³/mol. The van der Waals surface area contributed by atoms with E-state index < -0.39 is 47.9 Å². The van der Waals surface area contributed by atoms with Crippen LogP contribution in [0.2, 0.25) is 0 Å². The highest BCUT2D eigenvalue weighted by atomic mass is 16.6. The van der Waals surface area contributed by atoms with Crippen LogP contribution in [0.3, 0.4) is 0 Å². The van der Waals surface area contributed by atoms with Gasteiger partial charge in [0.05, 0.1) is 36.8 Å². The molecule has 0 radical (unpaired) electrons. The smallest absolute Gasteiger partial charge is 0.412 e. The zero-order valence-electron chi connectivity index (χ0n) is 44.4. The Balaban J connectivity index is 1.75. The van der Waals surface area contributed by atoms with Gasteiger partial charge in [-0.3, -0.25) is 34.2 Å². The second kappa shape index (κ2) is 27.5. The molecule has 9 atom stereocenters. The first-order chi connectivity index (χ1) is 32.4. The lowest BCUT2D eigenvalue weighted by Gasteiger charge is -2.41. The molecule has 0 saturated carbocycles. The average Bonchev–Trinajstić information content (AvgIpc) is 3.76. The van der Waals surface area contributed by atoms with Crippen molar-refractivity contribution in [2.75, 3.05) is 47.2 Å². The number of nitrogens with zero attached hydrogens (tertiary/aromatic N) is 3. The summed E-state index contributed by atoms with van der Waals surface area (Å²) >= 11 is 0. The number of ketones is 1. The molecule has 1 saturated heterocycles. The summed E-state index contributed by atoms with van der Waals surface area (Å²) in [5.41, 5.74) is 1.80. The fourth-order valence-corrected chi connectivity index (χ4v) is 9.74. The predicted octanol–water partition coefficient (Wildman–Crippen LogP) is 7.51. The Morgan fingerprint density at radius 1 is 0.812 bits per heavy atom. The fraction of sp³-hybridized carbons (Fsp3) is 0.667. The summed E-state index contributed by atoms with van der Waals surface area (Å²) in [7, 11) is 8.59. The summed E-state index contributed by atoms with van der Waals surface area (Å²) < 4.78 is 17.5. The number of nitrogens with one attached hydrogen (secondary N) is 3. The van der Waals surface area contributed by atoms with Gasteiger partial charge < -0.3 is 34.6 Å². The van der Waals surface area contributed by atoms with Crippen molar-refractivity contribution in [1.82, 2.24) is 25.3 Å². The summed E-state index contributed by atoms with van der Waals surface area (Å²) in [6, 6.07) is 14.9. The third kappa shape index (κ3) is 17.8. The second-order valence-corrected chi connectivity index (χ2v) is 21.0. The van der Waals surface area contributed by atoms with Crippen molar-refractivity contribution in [1.29, 1.82) is 0 Å². The van der Waals surface area contributed by atoms with Crippen LogP contribution in [0, 0.1) is 29.6 Å². The molecule has 69 heavy (non-hydrogen) atoms. The van der Waals surface area contributed by atoms with Crippen LogP contribution >= 0.6 is 0 Å². The van der Waals surface area contributed by atoms with E-state index in [1.54, 1.807) is 59.1 Å². The van der Waals surface area contributed by atoms with Crippen molar-refractivity contribution in [3.63, 3.8) is 0 Å². The van der Waals surface area contributed by atoms with E-state index in [4.69, 9.17) is 14.2 Å². The van der Waals surface area contributed by atoms with Gasteiger partial charge in [0.1, 0.15) is 17.4 Å². The fourth-order valence-electron chi connectivity index (χ4n) is 9.74. The Bertz CT molecular complexity index is 1940. The lowest BCUT2D eigenvalue weighted by molar-refractivity contribution is -0.148. The lowest BCUT2D eigenvalue weighted by atomic mass is 9.84. The molecule has 3 rings (SSSR count). The quantitative estimate of drug-likeness (QED) is 0.0856. The van der Waals surface area contributed by atoms with Gasteiger partial charge in [-0.1, -0.05) is 97.4 Å². The minimum Gasteiger partial charge on any atom is -0.444 e. The lowest BCUT2D eigenvalue weighted by Crippen LogP contribution is -2.59. The van der Waals surface area contributed by atoms with Crippen molar-refractivity contribution in [3.8, 4) is 0 Å². The molecule has 0 bridgehead atoms. The molecule has 1 aliphatic rings. The third-order valence-corrected chi connectivity index (χ3v) is 13.5. The van der Waals surface area contributed by atoms with Gasteiger partial charge in [0.15, 0.2) is 0 Å². The Hall–Kier alpha value is -4.86. The van der Waals surface area contributed by atoms with Crippen LogP contribution in [-0.4, -0.2) is 134 Å². The number of ether oxygens (including phenoxy) is 3. The van der Waals surface area contributed by atoms with Crippen molar-refractivity contribution < 1.29 is 43.0 Å². The van der Waals surface area contributed by atoms with Crippen molar-refractivity contribution >= 4 is 41.2 Å². The number of likely N-dealkylation sites (N-methyl/N-ethyl adjacent to an activating group) is 2. The highest BCUT2D eigenvalue weighted by Crippen LogP contribution is 2.31. The summed E-state index contributed by atoms with van der Waals surface area (Å²) in [5, 5.41) is 8.77. The van der Waals surface area contributed by atoms with Crippen LogP contribution in [0.15, 0.2) is 54.6 Å². The number of likely N-dealkylation sites (tertiary alicyclic amines) is 1. The molecule has 0 aliphatic carbocycles. The molecule has 15 nitrogen and oxygen atoms in total.